The fourth-order valence-electron chi connectivity index (χ4n) is 11.3. The van der Waals surface area contributed by atoms with Crippen LogP contribution < -0.4 is 16.4 Å². The Bertz CT molecular complexity index is 3870. The molecule has 274 valence electrons. The minimum absolute atomic E-state index is 0.0557. The molecule has 4 aromatic heterocycles. The molecule has 0 saturated carbocycles. The predicted octanol–water partition coefficient (Wildman–Crippen LogP) is 15.2. The van der Waals surface area contributed by atoms with Crippen molar-refractivity contribution < 1.29 is 0 Å². The molecule has 0 bridgehead atoms. The van der Waals surface area contributed by atoms with Gasteiger partial charge in [-0.1, -0.05) is 134 Å². The maximum absolute atomic E-state index is 2.64. The van der Waals surface area contributed by atoms with Crippen LogP contribution in [-0.2, 0) is 5.41 Å². The average molecular weight is 819 g/mol. The maximum Gasteiger partial charge on any atom is 0.244 e. The van der Waals surface area contributed by atoms with Crippen LogP contribution in [0.25, 0.3) is 124 Å². The molecule has 59 heavy (non-hydrogen) atoms. The lowest BCUT2D eigenvalue weighted by molar-refractivity contribution is 0.591. The van der Waals surface area contributed by atoms with E-state index in [-0.39, 0.29) is 12.1 Å². The van der Waals surface area contributed by atoms with Gasteiger partial charge in [0.05, 0.1) is 0 Å². The summed E-state index contributed by atoms with van der Waals surface area (Å²) in [6.45, 7) is 7.29. The molecular formula is C54H31BS4. The van der Waals surface area contributed by atoms with Crippen LogP contribution in [0.4, 0.5) is 0 Å². The number of rotatable bonds is 0. The summed E-state index contributed by atoms with van der Waals surface area (Å²) in [7, 11) is 0. The van der Waals surface area contributed by atoms with Crippen LogP contribution in [0.15, 0.2) is 133 Å². The van der Waals surface area contributed by atoms with Crippen molar-refractivity contribution >= 4 is 171 Å². The van der Waals surface area contributed by atoms with E-state index in [0.717, 1.165) is 0 Å². The standard InChI is InChI=1S/C54H31BS4/c1-54(2,3)26-20-33-49-45-35(24-43-47(49)29-14-6-10-18-41(29)56-43)52-31(27-12-4-8-16-39(27)58-52)22-37(45)55-38-23-32-28-13-5-9-17-40(28)59-53(32)36-25-44-48(30-15-7-11-19-42(30)57-44)50(46(36)38)34(21-26)51(33)55/h4-25H,1-3H3. The first-order valence-electron chi connectivity index (χ1n) is 20.5. The average Bonchev–Trinajstić information content (AvgIpc) is 4.02. The molecule has 6 heterocycles. The fourth-order valence-corrected chi connectivity index (χ4v) is 16.0. The number of hydrogen-bond acceptors (Lipinski definition) is 4. The Labute approximate surface area is 355 Å². The SMILES string of the molecule is CC(C)(C)c1cc2c3c(c1)-c1c4c(cc5c6ccccc6sc5c4cc4sc5ccccc5c14)B3c1cc3c4ccccc4sc3c3cc4sc5ccccc5c4c-2c13. The minimum Gasteiger partial charge on any atom is -0.135 e. The van der Waals surface area contributed by atoms with Crippen molar-refractivity contribution in [1.29, 1.82) is 0 Å². The summed E-state index contributed by atoms with van der Waals surface area (Å²) < 4.78 is 11.0. The first-order chi connectivity index (χ1) is 28.9. The van der Waals surface area contributed by atoms with Crippen molar-refractivity contribution in [1.82, 2.24) is 0 Å². The molecule has 0 fully saturated rings. The van der Waals surface area contributed by atoms with Crippen molar-refractivity contribution in [3.05, 3.63) is 139 Å². The van der Waals surface area contributed by atoms with E-state index in [2.05, 4.69) is 154 Å². The Morgan fingerprint density at radius 1 is 0.373 bits per heavy atom. The van der Waals surface area contributed by atoms with Crippen LogP contribution >= 0.6 is 45.3 Å². The van der Waals surface area contributed by atoms with Gasteiger partial charge in [-0.25, -0.2) is 0 Å². The molecular weight excluding hydrogens is 788 g/mol. The topological polar surface area (TPSA) is 0 Å². The largest absolute Gasteiger partial charge is 0.244 e. The maximum atomic E-state index is 2.64. The molecule has 0 nitrogen and oxygen atoms in total. The number of benzene rings is 9. The van der Waals surface area contributed by atoms with Crippen molar-refractivity contribution in [2.45, 2.75) is 26.2 Å². The van der Waals surface area contributed by atoms with Gasteiger partial charge in [0.2, 0.25) is 6.71 Å². The van der Waals surface area contributed by atoms with Crippen molar-refractivity contribution in [3.8, 4) is 22.3 Å². The Balaban J connectivity index is 1.26. The number of hydrogen-bond donors (Lipinski definition) is 0. The summed E-state index contributed by atoms with van der Waals surface area (Å²) in [5.74, 6) is 0. The van der Waals surface area contributed by atoms with E-state index < -0.39 is 0 Å². The van der Waals surface area contributed by atoms with Crippen LogP contribution in [0.3, 0.4) is 0 Å². The zero-order valence-electron chi connectivity index (χ0n) is 32.4. The van der Waals surface area contributed by atoms with Crippen molar-refractivity contribution in [3.63, 3.8) is 0 Å². The first-order valence-corrected chi connectivity index (χ1v) is 23.8. The highest BCUT2D eigenvalue weighted by Gasteiger charge is 2.42. The van der Waals surface area contributed by atoms with Gasteiger partial charge in [0.15, 0.2) is 0 Å². The van der Waals surface area contributed by atoms with E-state index in [4.69, 9.17) is 0 Å². The third-order valence-electron chi connectivity index (χ3n) is 13.8. The molecule has 0 N–H and O–H groups in total. The van der Waals surface area contributed by atoms with Gasteiger partial charge in [-0.2, -0.15) is 0 Å². The van der Waals surface area contributed by atoms with Gasteiger partial charge >= 0.3 is 0 Å². The highest BCUT2D eigenvalue weighted by atomic mass is 32.1. The van der Waals surface area contributed by atoms with E-state index in [1.165, 1.54) is 146 Å². The van der Waals surface area contributed by atoms with E-state index in [0.29, 0.717) is 0 Å². The molecule has 0 unspecified atom stereocenters. The molecule has 5 heteroatoms. The van der Waals surface area contributed by atoms with E-state index in [9.17, 15) is 0 Å². The molecule has 0 spiro atoms. The first kappa shape index (κ1) is 32.3. The fraction of sp³-hybridized carbons (Fsp3) is 0.0741. The van der Waals surface area contributed by atoms with Gasteiger partial charge in [0.1, 0.15) is 0 Å². The summed E-state index contributed by atoms with van der Waals surface area (Å²) in [6, 6.07) is 52.1. The number of thiophene rings is 4. The Morgan fingerprint density at radius 2 is 0.780 bits per heavy atom. The number of fused-ring (bicyclic) bond motifs is 20. The van der Waals surface area contributed by atoms with Gasteiger partial charge in [-0.05, 0) is 80.4 Å². The molecule has 9 aromatic carbocycles. The lowest BCUT2D eigenvalue weighted by atomic mass is 9.30. The minimum atomic E-state index is -0.0557. The smallest absolute Gasteiger partial charge is 0.135 e. The predicted molar refractivity (Wildman–Crippen MR) is 267 cm³/mol. The van der Waals surface area contributed by atoms with Crippen LogP contribution in [0, 0.1) is 0 Å². The van der Waals surface area contributed by atoms with Gasteiger partial charge in [-0.15, -0.1) is 45.3 Å². The summed E-state index contributed by atoms with van der Waals surface area (Å²) in [6.07, 6.45) is 0. The van der Waals surface area contributed by atoms with E-state index in [1.54, 1.807) is 0 Å². The molecule has 0 amide bonds. The van der Waals surface area contributed by atoms with Crippen LogP contribution in [0.5, 0.6) is 0 Å². The molecule has 0 aliphatic carbocycles. The molecule has 2 aliphatic rings. The highest BCUT2D eigenvalue weighted by Crippen LogP contribution is 2.54. The molecule has 0 atom stereocenters. The normalized spacial score (nSPS) is 13.6. The third-order valence-corrected chi connectivity index (χ3v) is 18.4. The summed E-state index contributed by atoms with van der Waals surface area (Å²) in [5, 5.41) is 16.8. The lowest BCUT2D eigenvalue weighted by Crippen LogP contribution is -2.57. The van der Waals surface area contributed by atoms with Crippen molar-refractivity contribution in [2.75, 3.05) is 0 Å². The van der Waals surface area contributed by atoms with Crippen molar-refractivity contribution in [2.24, 2.45) is 0 Å². The quantitative estimate of drug-likeness (QED) is 0.134. The molecule has 0 saturated heterocycles. The van der Waals surface area contributed by atoms with Crippen LogP contribution in [0.1, 0.15) is 26.3 Å². The Morgan fingerprint density at radius 3 is 1.22 bits per heavy atom. The van der Waals surface area contributed by atoms with Gasteiger partial charge in [0, 0.05) is 91.5 Å². The second kappa shape index (κ2) is 10.8. The molecule has 2 aliphatic heterocycles. The Kier molecular flexibility index (Phi) is 5.91. The van der Waals surface area contributed by atoms with E-state index >= 15 is 0 Å². The van der Waals surface area contributed by atoms with Gasteiger partial charge in [-0.3, -0.25) is 0 Å². The summed E-state index contributed by atoms with van der Waals surface area (Å²) in [4.78, 5) is 0. The zero-order chi connectivity index (χ0) is 38.6. The second-order valence-electron chi connectivity index (χ2n) is 17.8. The highest BCUT2D eigenvalue weighted by molar-refractivity contribution is 7.28. The molecule has 13 aromatic rings. The monoisotopic (exact) mass is 818 g/mol. The zero-order valence-corrected chi connectivity index (χ0v) is 35.7. The Hall–Kier alpha value is -5.56. The third kappa shape index (κ3) is 3.92. The molecule has 15 rings (SSSR count). The van der Waals surface area contributed by atoms with Gasteiger partial charge in [0.25, 0.3) is 0 Å². The lowest BCUT2D eigenvalue weighted by Gasteiger charge is -2.36. The second-order valence-corrected chi connectivity index (χ2v) is 22.1. The summed E-state index contributed by atoms with van der Waals surface area (Å²) >= 11 is 7.86. The van der Waals surface area contributed by atoms with Crippen LogP contribution in [0.2, 0.25) is 0 Å². The van der Waals surface area contributed by atoms with E-state index in [1.807, 2.05) is 45.3 Å². The van der Waals surface area contributed by atoms with Crippen LogP contribution in [-0.4, -0.2) is 6.71 Å². The molecule has 0 radical (unpaired) electrons. The summed E-state index contributed by atoms with van der Waals surface area (Å²) in [5.41, 5.74) is 11.5. The van der Waals surface area contributed by atoms with Gasteiger partial charge < -0.3 is 0 Å².